The van der Waals surface area contributed by atoms with Crippen LogP contribution in [0.2, 0.25) is 0 Å². The van der Waals surface area contributed by atoms with E-state index in [1.54, 1.807) is 7.05 Å². The summed E-state index contributed by atoms with van der Waals surface area (Å²) in [6.07, 6.45) is 1.40. The number of aromatic nitrogens is 4. The van der Waals surface area contributed by atoms with Crippen molar-refractivity contribution in [2.24, 2.45) is 7.05 Å². The van der Waals surface area contributed by atoms with Crippen molar-refractivity contribution in [2.45, 2.75) is 13.8 Å². The molecule has 2 heterocycles. The number of hydrogen-bond donors (Lipinski definition) is 1. The highest BCUT2D eigenvalue weighted by Gasteiger charge is 2.22. The number of aryl methyl sites for hydroxylation is 3. The molecule has 28 heavy (non-hydrogen) atoms. The summed E-state index contributed by atoms with van der Waals surface area (Å²) in [6, 6.07) is 14.9. The Kier molecular flexibility index (Phi) is 4.27. The van der Waals surface area contributed by atoms with Gasteiger partial charge in [-0.2, -0.15) is 5.10 Å². The summed E-state index contributed by atoms with van der Waals surface area (Å²) < 4.78 is 2.84. The maximum Gasteiger partial charge on any atom is 0.279 e. The molecule has 4 aromatic rings. The van der Waals surface area contributed by atoms with Gasteiger partial charge in [-0.1, -0.05) is 24.3 Å². The van der Waals surface area contributed by atoms with Crippen LogP contribution < -0.4 is 10.9 Å². The summed E-state index contributed by atoms with van der Waals surface area (Å²) in [5, 5.41) is 7.28. The van der Waals surface area contributed by atoms with E-state index in [4.69, 9.17) is 0 Å². The standard InChI is InChI=1S/C21H19N5O2/c1-13-9-10-15(11-14(13)2)23-20(27)18-17-19(21(28)25(3)12-22-17)26(24-18)16-7-5-4-6-8-16/h4-12H,1-3H3,(H,23,27). The molecule has 4 rings (SSSR count). The molecular weight excluding hydrogens is 354 g/mol. The van der Waals surface area contributed by atoms with Crippen LogP contribution in [-0.4, -0.2) is 25.2 Å². The minimum Gasteiger partial charge on any atom is -0.321 e. The van der Waals surface area contributed by atoms with E-state index in [0.717, 1.165) is 11.1 Å². The van der Waals surface area contributed by atoms with Crippen LogP contribution in [0.15, 0.2) is 59.7 Å². The zero-order valence-corrected chi connectivity index (χ0v) is 15.8. The monoisotopic (exact) mass is 373 g/mol. The van der Waals surface area contributed by atoms with Gasteiger partial charge in [0.15, 0.2) is 11.2 Å². The zero-order valence-electron chi connectivity index (χ0n) is 15.8. The lowest BCUT2D eigenvalue weighted by molar-refractivity contribution is 0.102. The molecule has 0 radical (unpaired) electrons. The van der Waals surface area contributed by atoms with Crippen LogP contribution in [-0.2, 0) is 7.05 Å². The molecule has 7 heteroatoms. The normalized spacial score (nSPS) is 11.0. The van der Waals surface area contributed by atoms with Gasteiger partial charge in [-0.25, -0.2) is 9.67 Å². The first-order valence-corrected chi connectivity index (χ1v) is 8.84. The van der Waals surface area contributed by atoms with Crippen LogP contribution in [0, 0.1) is 13.8 Å². The predicted octanol–water partition coefficient (Wildman–Crippen LogP) is 2.99. The molecule has 0 aliphatic heterocycles. The minimum absolute atomic E-state index is 0.106. The van der Waals surface area contributed by atoms with Crippen LogP contribution >= 0.6 is 0 Å². The third-order valence-corrected chi connectivity index (χ3v) is 4.72. The molecule has 140 valence electrons. The smallest absolute Gasteiger partial charge is 0.279 e. The molecule has 0 saturated carbocycles. The molecule has 1 N–H and O–H groups in total. The first-order valence-electron chi connectivity index (χ1n) is 8.84. The molecule has 7 nitrogen and oxygen atoms in total. The number of rotatable bonds is 3. The number of nitrogens with one attached hydrogen (secondary N) is 1. The molecule has 0 saturated heterocycles. The fourth-order valence-corrected chi connectivity index (χ4v) is 3.01. The van der Waals surface area contributed by atoms with E-state index in [0.29, 0.717) is 11.4 Å². The third-order valence-electron chi connectivity index (χ3n) is 4.72. The van der Waals surface area contributed by atoms with E-state index in [9.17, 15) is 9.59 Å². The summed E-state index contributed by atoms with van der Waals surface area (Å²) in [5.74, 6) is -0.413. The fourth-order valence-electron chi connectivity index (χ4n) is 3.01. The number of benzene rings is 2. The number of anilines is 1. The van der Waals surface area contributed by atoms with Crippen LogP contribution in [0.25, 0.3) is 16.7 Å². The summed E-state index contributed by atoms with van der Waals surface area (Å²) in [7, 11) is 1.62. The topological polar surface area (TPSA) is 81.8 Å². The molecule has 0 spiro atoms. The maximum atomic E-state index is 12.9. The summed E-state index contributed by atoms with van der Waals surface area (Å²) in [5.41, 5.74) is 3.93. The lowest BCUT2D eigenvalue weighted by Crippen LogP contribution is -2.19. The molecule has 2 aromatic heterocycles. The van der Waals surface area contributed by atoms with Crippen molar-refractivity contribution in [3.63, 3.8) is 0 Å². The van der Waals surface area contributed by atoms with Gasteiger partial charge in [0.05, 0.1) is 12.0 Å². The highest BCUT2D eigenvalue weighted by molar-refractivity contribution is 6.10. The molecule has 0 fully saturated rings. The van der Waals surface area contributed by atoms with Gasteiger partial charge in [0, 0.05) is 12.7 Å². The van der Waals surface area contributed by atoms with Gasteiger partial charge in [0.1, 0.15) is 5.52 Å². The van der Waals surface area contributed by atoms with Crippen molar-refractivity contribution in [1.82, 2.24) is 19.3 Å². The van der Waals surface area contributed by atoms with Gasteiger partial charge >= 0.3 is 0 Å². The van der Waals surface area contributed by atoms with Gasteiger partial charge in [-0.05, 0) is 49.2 Å². The third kappa shape index (κ3) is 2.96. The molecule has 0 atom stereocenters. The number of hydrogen-bond acceptors (Lipinski definition) is 4. The van der Waals surface area contributed by atoms with Gasteiger partial charge < -0.3 is 9.88 Å². The molecule has 1 amide bonds. The van der Waals surface area contributed by atoms with Crippen LogP contribution in [0.5, 0.6) is 0 Å². The average molecular weight is 373 g/mol. The Morgan fingerprint density at radius 1 is 1.04 bits per heavy atom. The van der Waals surface area contributed by atoms with Gasteiger partial charge in [0.25, 0.3) is 11.5 Å². The summed E-state index contributed by atoms with van der Waals surface area (Å²) in [4.78, 5) is 30.0. The van der Waals surface area contributed by atoms with E-state index >= 15 is 0 Å². The van der Waals surface area contributed by atoms with Crippen LogP contribution in [0.3, 0.4) is 0 Å². The van der Waals surface area contributed by atoms with Crippen LogP contribution in [0.4, 0.5) is 5.69 Å². The number of fused-ring (bicyclic) bond motifs is 1. The highest BCUT2D eigenvalue weighted by atomic mass is 16.2. The van der Waals surface area contributed by atoms with Crippen molar-refractivity contribution in [1.29, 1.82) is 0 Å². The fraction of sp³-hybridized carbons (Fsp3) is 0.143. The predicted molar refractivity (Wildman–Crippen MR) is 108 cm³/mol. The Bertz CT molecular complexity index is 1260. The van der Waals surface area contributed by atoms with Crippen molar-refractivity contribution in [2.75, 3.05) is 5.32 Å². The summed E-state index contributed by atoms with van der Waals surface area (Å²) in [6.45, 7) is 3.99. The molecule has 0 unspecified atom stereocenters. The minimum atomic E-state index is -0.413. The van der Waals surface area contributed by atoms with E-state index < -0.39 is 5.91 Å². The average Bonchev–Trinajstić information content (AvgIpc) is 3.09. The van der Waals surface area contributed by atoms with Crippen molar-refractivity contribution >= 4 is 22.6 Å². The van der Waals surface area contributed by atoms with Crippen molar-refractivity contribution in [3.05, 3.63) is 82.0 Å². The number of amides is 1. The van der Waals surface area contributed by atoms with E-state index in [-0.39, 0.29) is 22.3 Å². The Hall–Kier alpha value is -3.74. The maximum absolute atomic E-state index is 12.9. The van der Waals surface area contributed by atoms with Crippen LogP contribution in [0.1, 0.15) is 21.6 Å². The largest absolute Gasteiger partial charge is 0.321 e. The van der Waals surface area contributed by atoms with Gasteiger partial charge in [-0.3, -0.25) is 9.59 Å². The lowest BCUT2D eigenvalue weighted by Gasteiger charge is -2.06. The van der Waals surface area contributed by atoms with E-state index in [1.807, 2.05) is 62.4 Å². The Morgan fingerprint density at radius 3 is 2.50 bits per heavy atom. The second-order valence-electron chi connectivity index (χ2n) is 6.71. The number of para-hydroxylation sites is 1. The van der Waals surface area contributed by atoms with Crippen molar-refractivity contribution < 1.29 is 4.79 Å². The summed E-state index contributed by atoms with van der Waals surface area (Å²) >= 11 is 0. The zero-order chi connectivity index (χ0) is 19.8. The second-order valence-corrected chi connectivity index (χ2v) is 6.71. The number of carbonyl (C=O) groups is 1. The first-order chi connectivity index (χ1) is 13.5. The van der Waals surface area contributed by atoms with Crippen molar-refractivity contribution in [3.8, 4) is 5.69 Å². The Labute approximate surface area is 161 Å². The SMILES string of the molecule is Cc1ccc(NC(=O)c2nn(-c3ccccc3)c3c(=O)n(C)cnc23)cc1C. The molecule has 0 aliphatic carbocycles. The number of carbonyl (C=O) groups excluding carboxylic acids is 1. The lowest BCUT2D eigenvalue weighted by atomic mass is 10.1. The van der Waals surface area contributed by atoms with E-state index in [2.05, 4.69) is 15.4 Å². The Morgan fingerprint density at radius 2 is 1.79 bits per heavy atom. The quantitative estimate of drug-likeness (QED) is 0.599. The molecule has 2 aromatic carbocycles. The van der Waals surface area contributed by atoms with Gasteiger partial charge in [-0.15, -0.1) is 0 Å². The first kappa shape index (κ1) is 17.7. The Balaban J connectivity index is 1.85. The molecular formula is C21H19N5O2. The molecule has 0 bridgehead atoms. The molecule has 0 aliphatic rings. The highest BCUT2D eigenvalue weighted by Crippen LogP contribution is 2.20. The number of nitrogens with zero attached hydrogens (tertiary/aromatic N) is 4. The van der Waals surface area contributed by atoms with E-state index in [1.165, 1.54) is 15.6 Å². The second kappa shape index (κ2) is 6.77. The van der Waals surface area contributed by atoms with Gasteiger partial charge in [0.2, 0.25) is 0 Å².